The zero-order valence-corrected chi connectivity index (χ0v) is 16.4. The molecule has 0 aliphatic carbocycles. The fourth-order valence-corrected chi connectivity index (χ4v) is 3.42. The van der Waals surface area contributed by atoms with Crippen molar-refractivity contribution in [2.24, 2.45) is 22.7 Å². The number of hydrogen-bond acceptors (Lipinski definition) is 1. The van der Waals surface area contributed by atoms with Gasteiger partial charge in [0.05, 0.1) is 0 Å². The summed E-state index contributed by atoms with van der Waals surface area (Å²) in [5.41, 5.74) is 2.15. The molecule has 0 radical (unpaired) electrons. The predicted octanol–water partition coefficient (Wildman–Crippen LogP) is 6.06. The summed E-state index contributed by atoms with van der Waals surface area (Å²) in [6, 6.07) is 0.470. The average molecular weight is 296 g/mol. The van der Waals surface area contributed by atoms with E-state index in [4.69, 9.17) is 0 Å². The third-order valence-electron chi connectivity index (χ3n) is 5.28. The second kappa shape index (κ2) is 8.36. The average Bonchev–Trinajstić information content (AvgIpc) is 2.35. The van der Waals surface area contributed by atoms with E-state index in [-0.39, 0.29) is 5.41 Å². The van der Waals surface area contributed by atoms with Crippen molar-refractivity contribution in [1.29, 1.82) is 0 Å². The number of likely N-dealkylation sites (N-methyl/N-ethyl adjacent to an activating group) is 1. The molecule has 1 heteroatoms. The predicted molar refractivity (Wildman–Crippen MR) is 97.7 cm³/mol. The van der Waals surface area contributed by atoms with Gasteiger partial charge in [0.1, 0.15) is 0 Å². The second-order valence-corrected chi connectivity index (χ2v) is 8.78. The van der Waals surface area contributed by atoms with Crippen molar-refractivity contribution in [2.75, 3.05) is 7.05 Å². The summed E-state index contributed by atoms with van der Waals surface area (Å²) in [4.78, 5) is 0. The molecule has 0 aromatic rings. The molecule has 0 aromatic carbocycles. The smallest absolute Gasteiger partial charge is 0.0245 e. The maximum absolute atomic E-state index is 3.34. The summed E-state index contributed by atoms with van der Waals surface area (Å²) < 4.78 is 0. The Morgan fingerprint density at radius 2 is 1.62 bits per heavy atom. The molecule has 126 valence electrons. The minimum Gasteiger partial charge on any atom is -0.314 e. The standard InChI is InChI=1S/C20H41N/c1-11-15(2)18(19(5,6)7)12-13-20(8,9)14-16(3)17(4)21-10/h14-15,17-18,21H,11-13H2,1-10H3/b16-14+/t15-,17-,18+/m0/s1. The number of allylic oxidation sites excluding steroid dienone is 1. The summed E-state index contributed by atoms with van der Waals surface area (Å²) in [7, 11) is 2.04. The van der Waals surface area contributed by atoms with Crippen LogP contribution in [0.1, 0.15) is 81.6 Å². The van der Waals surface area contributed by atoms with E-state index in [0.717, 1.165) is 11.8 Å². The first-order chi connectivity index (χ1) is 9.44. The van der Waals surface area contributed by atoms with Crippen LogP contribution in [0.2, 0.25) is 0 Å². The highest BCUT2D eigenvalue weighted by molar-refractivity contribution is 5.11. The maximum atomic E-state index is 3.34. The van der Waals surface area contributed by atoms with Crippen LogP contribution < -0.4 is 5.32 Å². The van der Waals surface area contributed by atoms with E-state index in [1.807, 2.05) is 7.05 Å². The molecule has 0 aromatic heterocycles. The minimum absolute atomic E-state index is 0.284. The Morgan fingerprint density at radius 1 is 1.10 bits per heavy atom. The first kappa shape index (κ1) is 20.7. The lowest BCUT2D eigenvalue weighted by Gasteiger charge is -2.37. The van der Waals surface area contributed by atoms with Crippen molar-refractivity contribution in [2.45, 2.75) is 87.6 Å². The van der Waals surface area contributed by atoms with Crippen LogP contribution in [-0.4, -0.2) is 13.1 Å². The van der Waals surface area contributed by atoms with Gasteiger partial charge in [-0.15, -0.1) is 0 Å². The van der Waals surface area contributed by atoms with Gasteiger partial charge in [-0.2, -0.15) is 0 Å². The van der Waals surface area contributed by atoms with Gasteiger partial charge in [-0.05, 0) is 56.4 Å². The zero-order valence-electron chi connectivity index (χ0n) is 16.4. The number of nitrogens with one attached hydrogen (secondary N) is 1. The van der Waals surface area contributed by atoms with E-state index in [1.54, 1.807) is 0 Å². The SMILES string of the molecule is CC[C@H](C)[C@@H](CCC(C)(C)/C=C(\C)[C@H](C)NC)C(C)(C)C. The van der Waals surface area contributed by atoms with Gasteiger partial charge in [-0.25, -0.2) is 0 Å². The Bertz CT molecular complexity index is 319. The van der Waals surface area contributed by atoms with Gasteiger partial charge in [-0.3, -0.25) is 0 Å². The molecule has 0 saturated carbocycles. The van der Waals surface area contributed by atoms with Crippen molar-refractivity contribution in [3.63, 3.8) is 0 Å². The van der Waals surface area contributed by atoms with E-state index in [9.17, 15) is 0 Å². The van der Waals surface area contributed by atoms with Gasteiger partial charge >= 0.3 is 0 Å². The first-order valence-corrected chi connectivity index (χ1v) is 8.81. The lowest BCUT2D eigenvalue weighted by atomic mass is 9.68. The number of rotatable bonds is 8. The highest BCUT2D eigenvalue weighted by atomic mass is 14.9. The van der Waals surface area contributed by atoms with E-state index in [2.05, 4.69) is 73.7 Å². The van der Waals surface area contributed by atoms with Crippen LogP contribution in [0.3, 0.4) is 0 Å². The quantitative estimate of drug-likeness (QED) is 0.537. The van der Waals surface area contributed by atoms with Gasteiger partial charge in [0.25, 0.3) is 0 Å². The molecule has 21 heavy (non-hydrogen) atoms. The lowest BCUT2D eigenvalue weighted by molar-refractivity contribution is 0.138. The van der Waals surface area contributed by atoms with Crippen LogP contribution in [0.15, 0.2) is 11.6 Å². The zero-order chi connectivity index (χ0) is 16.8. The van der Waals surface area contributed by atoms with Crippen LogP contribution >= 0.6 is 0 Å². The van der Waals surface area contributed by atoms with Crippen LogP contribution in [0.5, 0.6) is 0 Å². The highest BCUT2D eigenvalue weighted by Crippen LogP contribution is 2.40. The summed E-state index contributed by atoms with van der Waals surface area (Å²) in [6.45, 7) is 21.2. The molecule has 0 heterocycles. The summed E-state index contributed by atoms with van der Waals surface area (Å²) in [5.74, 6) is 1.61. The molecule has 0 spiro atoms. The molecule has 0 bridgehead atoms. The highest BCUT2D eigenvalue weighted by Gasteiger charge is 2.30. The third-order valence-corrected chi connectivity index (χ3v) is 5.28. The molecule has 0 fully saturated rings. The lowest BCUT2D eigenvalue weighted by Crippen LogP contribution is -2.28. The molecule has 0 unspecified atom stereocenters. The fourth-order valence-electron chi connectivity index (χ4n) is 3.42. The molecular formula is C20H41N. The largest absolute Gasteiger partial charge is 0.314 e. The molecule has 0 aliphatic rings. The Hall–Kier alpha value is -0.300. The topological polar surface area (TPSA) is 12.0 Å². The molecule has 0 aliphatic heterocycles. The van der Waals surface area contributed by atoms with Crippen molar-refractivity contribution in [3.05, 3.63) is 11.6 Å². The van der Waals surface area contributed by atoms with Crippen molar-refractivity contribution in [3.8, 4) is 0 Å². The summed E-state index contributed by atoms with van der Waals surface area (Å²) in [5, 5.41) is 3.34. The minimum atomic E-state index is 0.284. The van der Waals surface area contributed by atoms with E-state index in [1.165, 1.54) is 24.8 Å². The third kappa shape index (κ3) is 7.49. The van der Waals surface area contributed by atoms with E-state index < -0.39 is 0 Å². The molecule has 1 nitrogen and oxygen atoms in total. The molecule has 1 N–H and O–H groups in total. The monoisotopic (exact) mass is 295 g/mol. The van der Waals surface area contributed by atoms with Gasteiger partial charge in [-0.1, -0.05) is 66.5 Å². The molecule has 0 saturated heterocycles. The van der Waals surface area contributed by atoms with Gasteiger partial charge in [0.2, 0.25) is 0 Å². The fraction of sp³-hybridized carbons (Fsp3) is 0.900. The first-order valence-electron chi connectivity index (χ1n) is 8.81. The van der Waals surface area contributed by atoms with Crippen molar-refractivity contribution in [1.82, 2.24) is 5.32 Å². The van der Waals surface area contributed by atoms with Crippen LogP contribution in [0.4, 0.5) is 0 Å². The van der Waals surface area contributed by atoms with Crippen LogP contribution in [0.25, 0.3) is 0 Å². The van der Waals surface area contributed by atoms with Crippen LogP contribution in [0, 0.1) is 22.7 Å². The normalized spacial score (nSPS) is 18.5. The van der Waals surface area contributed by atoms with E-state index in [0.29, 0.717) is 11.5 Å². The Balaban J connectivity index is 4.86. The Labute approximate surface area is 135 Å². The molecule has 0 amide bonds. The maximum Gasteiger partial charge on any atom is 0.0245 e. The summed E-state index contributed by atoms with van der Waals surface area (Å²) >= 11 is 0. The molecule has 3 atom stereocenters. The number of hydrogen-bond donors (Lipinski definition) is 1. The Morgan fingerprint density at radius 3 is 2.00 bits per heavy atom. The van der Waals surface area contributed by atoms with Crippen LogP contribution in [-0.2, 0) is 0 Å². The Kier molecular flexibility index (Phi) is 8.24. The molecule has 0 rings (SSSR count). The van der Waals surface area contributed by atoms with Gasteiger partial charge < -0.3 is 5.32 Å². The molecular weight excluding hydrogens is 254 g/mol. The van der Waals surface area contributed by atoms with Crippen molar-refractivity contribution >= 4 is 0 Å². The van der Waals surface area contributed by atoms with Gasteiger partial charge in [0, 0.05) is 6.04 Å². The van der Waals surface area contributed by atoms with Crippen molar-refractivity contribution < 1.29 is 0 Å². The summed E-state index contributed by atoms with van der Waals surface area (Å²) in [6.07, 6.45) is 6.36. The van der Waals surface area contributed by atoms with E-state index >= 15 is 0 Å². The second-order valence-electron chi connectivity index (χ2n) is 8.78. The van der Waals surface area contributed by atoms with Gasteiger partial charge in [0.15, 0.2) is 0 Å².